The first kappa shape index (κ1) is 12.1. The Hall–Kier alpha value is 0.354. The van der Waals surface area contributed by atoms with Crippen molar-refractivity contribution in [3.05, 3.63) is 11.5 Å². The molecule has 0 aromatic carbocycles. The first-order chi connectivity index (χ1) is 3.48. The first-order valence-electron chi connectivity index (χ1n) is 2.82. The van der Waals surface area contributed by atoms with E-state index in [2.05, 4.69) is 19.6 Å². The second kappa shape index (κ2) is 4.21. The van der Waals surface area contributed by atoms with Crippen LogP contribution in [0, 0.1) is 0 Å². The van der Waals surface area contributed by atoms with Gasteiger partial charge < -0.3 is 5.11 Å². The van der Waals surface area contributed by atoms with Crippen molar-refractivity contribution in [2.45, 2.75) is 26.6 Å². The Balaban J connectivity index is 0. The summed E-state index contributed by atoms with van der Waals surface area (Å²) in [6.07, 6.45) is 1.67. The van der Waals surface area contributed by atoms with Crippen molar-refractivity contribution in [1.29, 1.82) is 0 Å². The van der Waals surface area contributed by atoms with Crippen molar-refractivity contribution < 1.29 is 24.0 Å². The van der Waals surface area contributed by atoms with Gasteiger partial charge in [-0.05, 0) is 6.92 Å². The molecule has 0 aromatic rings. The fourth-order valence-corrected chi connectivity index (χ4v) is 1.30. The van der Waals surface area contributed by atoms with Gasteiger partial charge in [-0.2, -0.15) is 0 Å². The largest absolute Gasteiger partial charge is 1.00 e. The molecule has 0 unspecified atom stereocenters. The van der Waals surface area contributed by atoms with E-state index >= 15 is 0 Å². The quantitative estimate of drug-likeness (QED) is 0.306. The van der Waals surface area contributed by atoms with Crippen molar-refractivity contribution in [2.75, 3.05) is 0 Å². The van der Waals surface area contributed by atoms with Crippen molar-refractivity contribution in [2.24, 2.45) is 0 Å². The monoisotopic (exact) mass is 136 g/mol. The van der Waals surface area contributed by atoms with Gasteiger partial charge in [-0.25, -0.2) is 0 Å². The molecule has 0 N–H and O–H groups in total. The molecule has 0 aliphatic heterocycles. The van der Waals surface area contributed by atoms with Crippen molar-refractivity contribution in [1.82, 2.24) is 0 Å². The predicted molar refractivity (Wildman–Crippen MR) is 37.1 cm³/mol. The predicted octanol–water partition coefficient (Wildman–Crippen LogP) is -1.87. The summed E-state index contributed by atoms with van der Waals surface area (Å²) in [5.74, 6) is 0. The minimum Gasteiger partial charge on any atom is -0.879 e. The van der Waals surface area contributed by atoms with Gasteiger partial charge in [-0.3, -0.25) is 0 Å². The van der Waals surface area contributed by atoms with Gasteiger partial charge >= 0.3 is 18.9 Å². The molecule has 0 bridgehead atoms. The molecule has 0 amide bonds. The van der Waals surface area contributed by atoms with E-state index in [-0.39, 0.29) is 18.9 Å². The van der Waals surface area contributed by atoms with Crippen LogP contribution >= 0.6 is 0 Å². The third-order valence-corrected chi connectivity index (χ3v) is 2.77. The molecule has 0 atom stereocenters. The van der Waals surface area contributed by atoms with Gasteiger partial charge in [0.2, 0.25) is 0 Å². The molecule has 0 aliphatic carbocycles. The average Bonchev–Trinajstić information content (AvgIpc) is 1.62. The Morgan fingerprint density at radius 3 is 1.67 bits per heavy atom. The Kier molecular flexibility index (Phi) is 5.65. The molecule has 9 heavy (non-hydrogen) atoms. The standard InChI is InChI=1S/C6H14OSi.Li/c1-5-6(7)8(2,3)4;/h5,7H,1-4H3;/q;+1/p-1/b6-5+;. The van der Waals surface area contributed by atoms with Crippen LogP contribution in [0.4, 0.5) is 0 Å². The molecule has 1 nitrogen and oxygen atoms in total. The second-order valence-electron chi connectivity index (χ2n) is 2.90. The molecule has 0 spiro atoms. The van der Waals surface area contributed by atoms with Crippen LogP contribution in [0.25, 0.3) is 0 Å². The summed E-state index contributed by atoms with van der Waals surface area (Å²) in [5, 5.41) is 11.2. The van der Waals surface area contributed by atoms with Gasteiger partial charge in [0.05, 0.1) is 8.07 Å². The van der Waals surface area contributed by atoms with Crippen molar-refractivity contribution >= 4 is 8.07 Å². The Morgan fingerprint density at radius 2 is 1.67 bits per heavy atom. The number of hydrogen-bond acceptors (Lipinski definition) is 1. The Bertz CT molecular complexity index is 104. The third-order valence-electron chi connectivity index (χ3n) is 1.00. The number of hydrogen-bond donors (Lipinski definition) is 0. The van der Waals surface area contributed by atoms with Gasteiger partial charge in [0.1, 0.15) is 0 Å². The van der Waals surface area contributed by atoms with E-state index in [1.807, 2.05) is 0 Å². The van der Waals surface area contributed by atoms with Crippen LogP contribution in [0.5, 0.6) is 0 Å². The Morgan fingerprint density at radius 1 is 1.33 bits per heavy atom. The second-order valence-corrected chi connectivity index (χ2v) is 7.90. The van der Waals surface area contributed by atoms with Gasteiger partial charge in [0.25, 0.3) is 0 Å². The molecule has 0 heterocycles. The zero-order valence-electron chi connectivity index (χ0n) is 6.99. The van der Waals surface area contributed by atoms with Gasteiger partial charge in [-0.15, -0.1) is 11.5 Å². The summed E-state index contributed by atoms with van der Waals surface area (Å²) in [6, 6.07) is 0. The van der Waals surface area contributed by atoms with E-state index in [0.717, 1.165) is 0 Å². The average molecular weight is 136 g/mol. The zero-order valence-corrected chi connectivity index (χ0v) is 7.99. The molecule has 3 heteroatoms. The summed E-state index contributed by atoms with van der Waals surface area (Å²) in [5.41, 5.74) is 0. The van der Waals surface area contributed by atoms with E-state index in [9.17, 15) is 5.11 Å². The molecule has 0 aliphatic rings. The van der Waals surface area contributed by atoms with Gasteiger partial charge in [0, 0.05) is 0 Å². The maximum absolute atomic E-state index is 10.8. The first-order valence-corrected chi connectivity index (χ1v) is 6.32. The molecular weight excluding hydrogens is 123 g/mol. The molecule has 0 saturated heterocycles. The van der Waals surface area contributed by atoms with E-state index in [0.29, 0.717) is 5.38 Å². The van der Waals surface area contributed by atoms with Crippen LogP contribution < -0.4 is 24.0 Å². The van der Waals surface area contributed by atoms with Crippen molar-refractivity contribution in [3.63, 3.8) is 0 Å². The molecule has 0 rings (SSSR count). The van der Waals surface area contributed by atoms with E-state index in [4.69, 9.17) is 0 Å². The fourth-order valence-electron chi connectivity index (χ4n) is 0.433. The minimum atomic E-state index is -1.46. The van der Waals surface area contributed by atoms with Crippen LogP contribution in [-0.4, -0.2) is 8.07 Å². The minimum absolute atomic E-state index is 0. The zero-order chi connectivity index (χ0) is 6.78. The summed E-state index contributed by atoms with van der Waals surface area (Å²) in [7, 11) is -1.46. The van der Waals surface area contributed by atoms with Crippen LogP contribution in [0.1, 0.15) is 6.92 Å². The summed E-state index contributed by atoms with van der Waals surface area (Å²) in [6.45, 7) is 7.96. The molecule has 48 valence electrons. The maximum atomic E-state index is 10.8. The smallest absolute Gasteiger partial charge is 0.879 e. The topological polar surface area (TPSA) is 23.1 Å². The maximum Gasteiger partial charge on any atom is 1.00 e. The normalized spacial score (nSPS) is 12.7. The fraction of sp³-hybridized carbons (Fsp3) is 0.667. The molecule has 0 radical (unpaired) electrons. The SMILES string of the molecule is C/C=C(\[O-])[Si](C)(C)C.[Li+]. The van der Waals surface area contributed by atoms with Crippen LogP contribution in [0.15, 0.2) is 11.5 Å². The Labute approximate surface area is 70.3 Å². The third kappa shape index (κ3) is 4.83. The molecule has 0 aromatic heterocycles. The van der Waals surface area contributed by atoms with Gasteiger partial charge in [-0.1, -0.05) is 19.6 Å². The number of rotatable bonds is 1. The van der Waals surface area contributed by atoms with E-state index in [1.54, 1.807) is 13.0 Å². The summed E-state index contributed by atoms with van der Waals surface area (Å²) in [4.78, 5) is 0. The van der Waals surface area contributed by atoms with Crippen LogP contribution in [0.2, 0.25) is 19.6 Å². The van der Waals surface area contributed by atoms with Crippen LogP contribution in [0.3, 0.4) is 0 Å². The van der Waals surface area contributed by atoms with E-state index in [1.165, 1.54) is 0 Å². The summed E-state index contributed by atoms with van der Waals surface area (Å²) < 4.78 is 0. The molecular formula is C6H13LiOSi. The summed E-state index contributed by atoms with van der Waals surface area (Å²) >= 11 is 0. The van der Waals surface area contributed by atoms with Gasteiger partial charge in [0.15, 0.2) is 0 Å². The molecule has 0 saturated carbocycles. The molecule has 0 fully saturated rings. The number of allylic oxidation sites excluding steroid dienone is 1. The van der Waals surface area contributed by atoms with Crippen LogP contribution in [-0.2, 0) is 0 Å². The van der Waals surface area contributed by atoms with E-state index < -0.39 is 8.07 Å². The van der Waals surface area contributed by atoms with Crippen molar-refractivity contribution in [3.8, 4) is 0 Å².